The van der Waals surface area contributed by atoms with Crippen molar-refractivity contribution in [2.24, 2.45) is 0 Å². The van der Waals surface area contributed by atoms with Gasteiger partial charge in [-0.05, 0) is 30.2 Å². The summed E-state index contributed by atoms with van der Waals surface area (Å²) < 4.78 is 0.944. The fourth-order valence-corrected chi connectivity index (χ4v) is 2.12. The zero-order chi connectivity index (χ0) is 11.1. The second kappa shape index (κ2) is 7.02. The maximum absolute atomic E-state index is 10.3. The highest BCUT2D eigenvalue weighted by Gasteiger charge is 2.04. The summed E-state index contributed by atoms with van der Waals surface area (Å²) >= 11 is 9.25. The number of benzene rings is 1. The van der Waals surface area contributed by atoms with Crippen molar-refractivity contribution in [2.45, 2.75) is 27.2 Å². The second-order valence-corrected chi connectivity index (χ2v) is 3.88. The number of halogens is 2. The molecule has 1 aromatic carbocycles. The Bertz CT molecular complexity index is 287. The summed E-state index contributed by atoms with van der Waals surface area (Å²) in [6.45, 7) is 5.94. The molecular weight excluding hydrogens is 263 g/mol. The van der Waals surface area contributed by atoms with E-state index in [1.807, 2.05) is 26.8 Å². The summed E-state index contributed by atoms with van der Waals surface area (Å²) in [5.74, 6) is 0. The smallest absolute Gasteiger partial charge is 0.124 e. The third-order valence-electron chi connectivity index (χ3n) is 1.67. The molecule has 0 saturated carbocycles. The lowest BCUT2D eigenvalue weighted by molar-refractivity contribution is -0.107. The van der Waals surface area contributed by atoms with Gasteiger partial charge in [-0.3, -0.25) is 0 Å². The van der Waals surface area contributed by atoms with Crippen LogP contribution < -0.4 is 0 Å². The van der Waals surface area contributed by atoms with E-state index in [9.17, 15) is 4.79 Å². The Labute approximate surface area is 98.6 Å². The molecule has 0 unspecified atom stereocenters. The number of hydrogen-bond acceptors (Lipinski definition) is 1. The first kappa shape index (κ1) is 13.7. The average molecular weight is 278 g/mol. The molecule has 1 nitrogen and oxygen atoms in total. The third-order valence-corrected chi connectivity index (χ3v) is 2.47. The van der Waals surface area contributed by atoms with Gasteiger partial charge in [-0.25, -0.2) is 0 Å². The normalized spacial score (nSPS) is 8.93. The van der Waals surface area contributed by atoms with Crippen molar-refractivity contribution in [2.75, 3.05) is 0 Å². The summed E-state index contributed by atoms with van der Waals surface area (Å²) in [7, 11) is 0. The van der Waals surface area contributed by atoms with E-state index in [1.54, 1.807) is 6.07 Å². The molecule has 0 bridgehead atoms. The zero-order valence-electron chi connectivity index (χ0n) is 8.60. The molecule has 0 aliphatic rings. The fraction of sp³-hybridized carbons (Fsp3) is 0.364. The van der Waals surface area contributed by atoms with Crippen LogP contribution in [0.3, 0.4) is 0 Å². The van der Waals surface area contributed by atoms with Gasteiger partial charge in [0, 0.05) is 15.9 Å². The molecule has 1 aromatic rings. The van der Waals surface area contributed by atoms with E-state index in [4.69, 9.17) is 11.6 Å². The zero-order valence-corrected chi connectivity index (χ0v) is 10.9. The van der Waals surface area contributed by atoms with Crippen molar-refractivity contribution >= 4 is 33.8 Å². The number of aldehydes is 1. The minimum Gasteiger partial charge on any atom is -0.303 e. The molecule has 0 spiro atoms. The molecule has 0 atom stereocenters. The summed E-state index contributed by atoms with van der Waals surface area (Å²) in [5, 5.41) is 0.647. The van der Waals surface area contributed by atoms with Gasteiger partial charge in [0.2, 0.25) is 0 Å². The van der Waals surface area contributed by atoms with Gasteiger partial charge in [-0.15, -0.1) is 0 Å². The van der Waals surface area contributed by atoms with Crippen molar-refractivity contribution in [3.63, 3.8) is 0 Å². The van der Waals surface area contributed by atoms with Crippen molar-refractivity contribution in [3.8, 4) is 0 Å². The van der Waals surface area contributed by atoms with Crippen molar-refractivity contribution in [1.82, 2.24) is 0 Å². The Morgan fingerprint density at radius 1 is 1.43 bits per heavy atom. The molecule has 1 rings (SSSR count). The first-order valence-corrected chi connectivity index (χ1v) is 5.70. The summed E-state index contributed by atoms with van der Waals surface area (Å²) in [6.07, 6.45) is 1.25. The van der Waals surface area contributed by atoms with E-state index in [-0.39, 0.29) is 0 Å². The molecule has 0 N–H and O–H groups in total. The Kier molecular flexibility index (Phi) is 6.85. The van der Waals surface area contributed by atoms with Crippen LogP contribution in [0.25, 0.3) is 0 Å². The van der Waals surface area contributed by atoms with Crippen LogP contribution in [0.15, 0.2) is 16.6 Å². The minimum atomic E-state index is 0.387. The Balaban J connectivity index is 0.000000791. The molecule has 0 aromatic heterocycles. The molecule has 0 fully saturated rings. The van der Waals surface area contributed by atoms with Crippen LogP contribution in [-0.4, -0.2) is 6.29 Å². The predicted molar refractivity (Wildman–Crippen MR) is 65.0 cm³/mol. The van der Waals surface area contributed by atoms with Crippen molar-refractivity contribution in [3.05, 3.63) is 32.8 Å². The molecule has 0 radical (unpaired) electrons. The van der Waals surface area contributed by atoms with Gasteiger partial charge < -0.3 is 4.79 Å². The van der Waals surface area contributed by atoms with E-state index in [2.05, 4.69) is 15.9 Å². The van der Waals surface area contributed by atoms with Crippen molar-refractivity contribution < 1.29 is 4.79 Å². The highest BCUT2D eigenvalue weighted by Crippen LogP contribution is 2.25. The van der Waals surface area contributed by atoms with E-state index in [0.717, 1.165) is 21.9 Å². The van der Waals surface area contributed by atoms with E-state index in [1.165, 1.54) is 0 Å². The monoisotopic (exact) mass is 276 g/mol. The lowest BCUT2D eigenvalue weighted by Gasteiger charge is -2.05. The SMILES string of the molecule is CC.Cc1cc(Br)cc(Cl)c1CC=O. The highest BCUT2D eigenvalue weighted by molar-refractivity contribution is 9.10. The lowest BCUT2D eigenvalue weighted by Crippen LogP contribution is -1.91. The summed E-state index contributed by atoms with van der Waals surface area (Å²) in [4.78, 5) is 10.3. The molecule has 0 heterocycles. The van der Waals surface area contributed by atoms with Crippen molar-refractivity contribution in [1.29, 1.82) is 0 Å². The molecular formula is C11H14BrClO. The van der Waals surface area contributed by atoms with Crippen LogP contribution in [-0.2, 0) is 11.2 Å². The van der Waals surface area contributed by atoms with Crippen LogP contribution in [0.2, 0.25) is 5.02 Å². The number of carbonyl (C=O) groups excluding carboxylic acids is 1. The predicted octanol–water partition coefficient (Wildman–Crippen LogP) is 4.18. The number of hydrogen-bond donors (Lipinski definition) is 0. The maximum Gasteiger partial charge on any atom is 0.124 e. The Hall–Kier alpha value is -0.340. The molecule has 0 amide bonds. The van der Waals surface area contributed by atoms with E-state index in [0.29, 0.717) is 11.4 Å². The quantitative estimate of drug-likeness (QED) is 0.741. The van der Waals surface area contributed by atoms with Gasteiger partial charge in [0.1, 0.15) is 6.29 Å². The lowest BCUT2D eigenvalue weighted by atomic mass is 10.1. The molecule has 78 valence electrons. The van der Waals surface area contributed by atoms with Gasteiger partial charge in [0.25, 0.3) is 0 Å². The average Bonchev–Trinajstić information content (AvgIpc) is 2.14. The van der Waals surface area contributed by atoms with Gasteiger partial charge in [-0.2, -0.15) is 0 Å². The topological polar surface area (TPSA) is 17.1 Å². The van der Waals surface area contributed by atoms with Gasteiger partial charge in [0.05, 0.1) is 0 Å². The summed E-state index contributed by atoms with van der Waals surface area (Å²) in [6, 6.07) is 3.75. The van der Waals surface area contributed by atoms with Gasteiger partial charge >= 0.3 is 0 Å². The highest BCUT2D eigenvalue weighted by atomic mass is 79.9. The van der Waals surface area contributed by atoms with E-state index < -0.39 is 0 Å². The molecule has 0 saturated heterocycles. The maximum atomic E-state index is 10.3. The van der Waals surface area contributed by atoms with Gasteiger partial charge in [-0.1, -0.05) is 41.4 Å². The standard InChI is InChI=1S/C9H8BrClO.C2H6/c1-6-4-7(10)5-9(11)8(6)2-3-12;1-2/h3-5H,2H2,1H3;1-2H3. The second-order valence-electron chi connectivity index (χ2n) is 2.55. The molecule has 14 heavy (non-hydrogen) atoms. The van der Waals surface area contributed by atoms with Gasteiger partial charge in [0.15, 0.2) is 0 Å². The number of aryl methyl sites for hydroxylation is 1. The first-order valence-electron chi connectivity index (χ1n) is 4.53. The Morgan fingerprint density at radius 2 is 2.00 bits per heavy atom. The number of carbonyl (C=O) groups is 1. The minimum absolute atomic E-state index is 0.387. The van der Waals surface area contributed by atoms with Crippen LogP contribution in [0.1, 0.15) is 25.0 Å². The van der Waals surface area contributed by atoms with Crippen LogP contribution in [0, 0.1) is 6.92 Å². The number of rotatable bonds is 2. The van der Waals surface area contributed by atoms with Crippen LogP contribution in [0.5, 0.6) is 0 Å². The Morgan fingerprint density at radius 3 is 2.43 bits per heavy atom. The molecule has 0 aliphatic carbocycles. The van der Waals surface area contributed by atoms with Crippen LogP contribution in [0.4, 0.5) is 0 Å². The molecule has 0 aliphatic heterocycles. The largest absolute Gasteiger partial charge is 0.303 e. The third kappa shape index (κ3) is 3.81. The van der Waals surface area contributed by atoms with Crippen LogP contribution >= 0.6 is 27.5 Å². The molecule has 3 heteroatoms. The fourth-order valence-electron chi connectivity index (χ4n) is 1.07. The first-order chi connectivity index (χ1) is 6.65. The van der Waals surface area contributed by atoms with E-state index >= 15 is 0 Å². The summed E-state index contributed by atoms with van der Waals surface area (Å²) in [5.41, 5.74) is 1.95.